The van der Waals surface area contributed by atoms with Crippen molar-refractivity contribution in [2.45, 2.75) is 32.1 Å². The molecule has 25 heavy (non-hydrogen) atoms. The van der Waals surface area contributed by atoms with Gasteiger partial charge in [-0.25, -0.2) is 9.50 Å². The summed E-state index contributed by atoms with van der Waals surface area (Å²) in [5.74, 6) is 0.0133. The summed E-state index contributed by atoms with van der Waals surface area (Å²) in [6.07, 6.45) is 9.99. The Morgan fingerprint density at radius 2 is 1.96 bits per heavy atom. The lowest BCUT2D eigenvalue weighted by molar-refractivity contribution is -0.0175. The maximum Gasteiger partial charge on any atom is 0.259 e. The number of aromatic nitrogens is 3. The van der Waals surface area contributed by atoms with Crippen molar-refractivity contribution in [2.75, 3.05) is 32.9 Å². The number of ether oxygens (including phenoxy) is 1. The highest BCUT2D eigenvalue weighted by Crippen LogP contribution is 2.40. The van der Waals surface area contributed by atoms with Gasteiger partial charge in [0.15, 0.2) is 5.65 Å². The van der Waals surface area contributed by atoms with Gasteiger partial charge in [-0.1, -0.05) is 0 Å². The van der Waals surface area contributed by atoms with Crippen LogP contribution in [0.3, 0.4) is 0 Å². The van der Waals surface area contributed by atoms with Crippen molar-refractivity contribution in [3.8, 4) is 0 Å². The molecule has 1 N–H and O–H groups in total. The van der Waals surface area contributed by atoms with E-state index in [1.54, 1.807) is 16.9 Å². The van der Waals surface area contributed by atoms with Gasteiger partial charge in [0, 0.05) is 45.3 Å². The molecule has 4 rings (SSSR count). The lowest BCUT2D eigenvalue weighted by Crippen LogP contribution is -2.45. The van der Waals surface area contributed by atoms with E-state index in [9.17, 15) is 4.79 Å². The van der Waals surface area contributed by atoms with E-state index in [4.69, 9.17) is 9.84 Å². The molecule has 1 amide bonds. The molecule has 0 saturated carbocycles. The number of likely N-dealkylation sites (tertiary alicyclic amines) is 1. The van der Waals surface area contributed by atoms with E-state index in [-0.39, 0.29) is 12.5 Å². The zero-order valence-electron chi connectivity index (χ0n) is 14.4. The third-order valence-corrected chi connectivity index (χ3v) is 5.71. The largest absolute Gasteiger partial charge is 0.396 e. The van der Waals surface area contributed by atoms with Crippen LogP contribution in [-0.4, -0.2) is 63.4 Å². The second kappa shape index (κ2) is 6.72. The number of hydrogen-bond donors (Lipinski definition) is 1. The normalized spacial score (nSPS) is 20.3. The molecule has 0 unspecified atom stereocenters. The first kappa shape index (κ1) is 16.5. The SMILES string of the molecule is O=C(c1cnn2cc(CCO)cnc12)N1CCC2(CCOCC2)CC1. The van der Waals surface area contributed by atoms with Gasteiger partial charge in [-0.3, -0.25) is 4.79 Å². The van der Waals surface area contributed by atoms with Gasteiger partial charge in [-0.05, 0) is 43.1 Å². The van der Waals surface area contributed by atoms with Crippen molar-refractivity contribution >= 4 is 11.6 Å². The molecule has 0 aliphatic carbocycles. The van der Waals surface area contributed by atoms with Crippen LogP contribution >= 0.6 is 0 Å². The van der Waals surface area contributed by atoms with Gasteiger partial charge in [-0.15, -0.1) is 0 Å². The molecule has 4 heterocycles. The van der Waals surface area contributed by atoms with Crippen LogP contribution in [0.15, 0.2) is 18.6 Å². The molecule has 134 valence electrons. The summed E-state index contributed by atoms with van der Waals surface area (Å²) in [5.41, 5.74) is 2.40. The van der Waals surface area contributed by atoms with Crippen LogP contribution < -0.4 is 0 Å². The fraction of sp³-hybridized carbons (Fsp3) is 0.611. The van der Waals surface area contributed by atoms with E-state index < -0.39 is 0 Å². The van der Waals surface area contributed by atoms with E-state index in [1.165, 1.54) is 0 Å². The Bertz CT molecular complexity index is 757. The number of piperidine rings is 1. The minimum Gasteiger partial charge on any atom is -0.396 e. The van der Waals surface area contributed by atoms with Crippen LogP contribution in [0.1, 0.15) is 41.6 Å². The summed E-state index contributed by atoms with van der Waals surface area (Å²) in [5, 5.41) is 13.3. The number of amides is 1. The van der Waals surface area contributed by atoms with Crippen molar-refractivity contribution in [1.82, 2.24) is 19.5 Å². The summed E-state index contributed by atoms with van der Waals surface area (Å²) < 4.78 is 7.12. The molecule has 2 aromatic heterocycles. The Morgan fingerprint density at radius 1 is 1.20 bits per heavy atom. The quantitative estimate of drug-likeness (QED) is 0.908. The number of nitrogens with zero attached hydrogens (tertiary/aromatic N) is 4. The lowest BCUT2D eigenvalue weighted by atomic mass is 9.72. The Kier molecular flexibility index (Phi) is 4.43. The van der Waals surface area contributed by atoms with Gasteiger partial charge in [-0.2, -0.15) is 5.10 Å². The van der Waals surface area contributed by atoms with Crippen molar-refractivity contribution in [1.29, 1.82) is 0 Å². The number of aliphatic hydroxyl groups is 1. The van der Waals surface area contributed by atoms with E-state index in [2.05, 4.69) is 10.1 Å². The molecule has 2 saturated heterocycles. The lowest BCUT2D eigenvalue weighted by Gasteiger charge is -2.44. The van der Waals surface area contributed by atoms with E-state index in [0.717, 1.165) is 57.6 Å². The van der Waals surface area contributed by atoms with Crippen molar-refractivity contribution in [3.63, 3.8) is 0 Å². The first-order valence-electron chi connectivity index (χ1n) is 9.01. The number of carbonyl (C=O) groups excluding carboxylic acids is 1. The van der Waals surface area contributed by atoms with Crippen LogP contribution in [0.4, 0.5) is 0 Å². The standard InChI is InChI=1S/C18H24N4O3/c23-8-1-14-11-19-16-15(12-20-22(16)13-14)17(24)21-6-2-18(3-7-21)4-9-25-10-5-18/h11-13,23H,1-10H2. The predicted octanol–water partition coefficient (Wildman–Crippen LogP) is 1.30. The fourth-order valence-electron chi connectivity index (χ4n) is 3.98. The number of hydrogen-bond acceptors (Lipinski definition) is 5. The second-order valence-electron chi connectivity index (χ2n) is 7.17. The van der Waals surface area contributed by atoms with Crippen LogP contribution in [0.5, 0.6) is 0 Å². The Hall–Kier alpha value is -1.99. The minimum absolute atomic E-state index is 0.0133. The maximum atomic E-state index is 12.9. The molecule has 0 atom stereocenters. The average molecular weight is 344 g/mol. The molecule has 2 fully saturated rings. The highest BCUT2D eigenvalue weighted by atomic mass is 16.5. The second-order valence-corrected chi connectivity index (χ2v) is 7.17. The zero-order valence-corrected chi connectivity index (χ0v) is 14.4. The van der Waals surface area contributed by atoms with E-state index in [1.807, 2.05) is 11.1 Å². The average Bonchev–Trinajstić information content (AvgIpc) is 3.06. The first-order chi connectivity index (χ1) is 12.2. The third-order valence-electron chi connectivity index (χ3n) is 5.71. The van der Waals surface area contributed by atoms with Crippen LogP contribution in [-0.2, 0) is 11.2 Å². The molecule has 2 aliphatic heterocycles. The summed E-state index contributed by atoms with van der Waals surface area (Å²) in [6, 6.07) is 0. The predicted molar refractivity (Wildman–Crippen MR) is 91.4 cm³/mol. The molecule has 0 radical (unpaired) electrons. The molecular weight excluding hydrogens is 320 g/mol. The molecule has 2 aromatic rings. The summed E-state index contributed by atoms with van der Waals surface area (Å²) in [7, 11) is 0. The molecule has 0 bridgehead atoms. The van der Waals surface area contributed by atoms with Crippen LogP contribution in [0.25, 0.3) is 5.65 Å². The Balaban J connectivity index is 1.49. The van der Waals surface area contributed by atoms with Gasteiger partial charge in [0.05, 0.1) is 6.20 Å². The smallest absolute Gasteiger partial charge is 0.259 e. The van der Waals surface area contributed by atoms with E-state index >= 15 is 0 Å². The zero-order chi connectivity index (χ0) is 17.3. The number of fused-ring (bicyclic) bond motifs is 1. The Morgan fingerprint density at radius 3 is 2.68 bits per heavy atom. The molecule has 1 spiro atoms. The number of rotatable bonds is 3. The minimum atomic E-state index is 0.0133. The van der Waals surface area contributed by atoms with Crippen LogP contribution in [0.2, 0.25) is 0 Å². The third kappa shape index (κ3) is 3.14. The van der Waals surface area contributed by atoms with Gasteiger partial charge in [0.2, 0.25) is 0 Å². The van der Waals surface area contributed by atoms with Crippen molar-refractivity contribution in [2.24, 2.45) is 5.41 Å². The van der Waals surface area contributed by atoms with Crippen molar-refractivity contribution < 1.29 is 14.6 Å². The monoisotopic (exact) mass is 344 g/mol. The summed E-state index contributed by atoms with van der Waals surface area (Å²) >= 11 is 0. The molecule has 2 aliphatic rings. The summed E-state index contributed by atoms with van der Waals surface area (Å²) in [6.45, 7) is 3.35. The highest BCUT2D eigenvalue weighted by Gasteiger charge is 2.37. The van der Waals surface area contributed by atoms with Crippen molar-refractivity contribution in [3.05, 3.63) is 29.7 Å². The molecule has 7 nitrogen and oxygen atoms in total. The number of aliphatic hydroxyl groups excluding tert-OH is 1. The molecule has 7 heteroatoms. The first-order valence-corrected chi connectivity index (χ1v) is 9.01. The topological polar surface area (TPSA) is 80.0 Å². The van der Waals surface area contributed by atoms with Gasteiger partial charge < -0.3 is 14.7 Å². The van der Waals surface area contributed by atoms with Gasteiger partial charge in [0.25, 0.3) is 5.91 Å². The molecular formula is C18H24N4O3. The summed E-state index contributed by atoms with van der Waals surface area (Å²) in [4.78, 5) is 19.2. The molecule has 0 aromatic carbocycles. The fourth-order valence-corrected chi connectivity index (χ4v) is 3.98. The van der Waals surface area contributed by atoms with E-state index in [0.29, 0.717) is 23.0 Å². The van der Waals surface area contributed by atoms with Crippen LogP contribution in [0, 0.1) is 5.41 Å². The van der Waals surface area contributed by atoms with Gasteiger partial charge in [0.1, 0.15) is 5.56 Å². The number of carbonyl (C=O) groups is 1. The Labute approximate surface area is 146 Å². The highest BCUT2D eigenvalue weighted by molar-refractivity contribution is 5.99. The van der Waals surface area contributed by atoms with Gasteiger partial charge >= 0.3 is 0 Å². The maximum absolute atomic E-state index is 12.9.